The molecule has 1 aliphatic rings. The summed E-state index contributed by atoms with van der Waals surface area (Å²) in [6.45, 7) is 0. The number of rotatable bonds is 2. The largest absolute Gasteiger partial charge is 0.465 e. The van der Waals surface area contributed by atoms with E-state index in [9.17, 15) is 9.59 Å². The minimum Gasteiger partial charge on any atom is -0.465 e. The Morgan fingerprint density at radius 3 is 2.70 bits per heavy atom. The molecule has 0 bridgehead atoms. The number of fused-ring (bicyclic) bond motifs is 3. The summed E-state index contributed by atoms with van der Waals surface area (Å²) < 4.78 is 16.0. The first-order chi connectivity index (χ1) is 13.0. The molecule has 1 aromatic heterocycles. The maximum absolute atomic E-state index is 12.8. The van der Waals surface area contributed by atoms with E-state index in [1.807, 2.05) is 0 Å². The van der Waals surface area contributed by atoms with Crippen molar-refractivity contribution >= 4 is 28.5 Å². The maximum atomic E-state index is 12.8. The number of carbonyl (C=O) groups excluding carboxylic acids is 1. The van der Waals surface area contributed by atoms with Crippen molar-refractivity contribution < 1.29 is 18.7 Å². The normalized spacial score (nSPS) is 16.0. The lowest BCUT2D eigenvalue weighted by atomic mass is 9.83. The van der Waals surface area contributed by atoms with Gasteiger partial charge in [-0.05, 0) is 29.8 Å². The summed E-state index contributed by atoms with van der Waals surface area (Å²) >= 11 is 6.13. The van der Waals surface area contributed by atoms with Crippen LogP contribution in [0.3, 0.4) is 0 Å². The second-order valence-electron chi connectivity index (χ2n) is 5.99. The minimum absolute atomic E-state index is 0.0230. The molecule has 2 heterocycles. The van der Waals surface area contributed by atoms with Gasteiger partial charge in [-0.1, -0.05) is 35.9 Å². The molecule has 3 aromatic rings. The SMILES string of the molecule is COC(=O)C1=C(N)Oc2c(c(=O)oc3ccccc23)[C@@H]1c1cccc(Cl)c1. The molecule has 0 amide bonds. The molecule has 4 rings (SSSR count). The molecule has 27 heavy (non-hydrogen) atoms. The van der Waals surface area contributed by atoms with Crippen molar-refractivity contribution in [2.45, 2.75) is 5.92 Å². The van der Waals surface area contributed by atoms with Crippen LogP contribution in [0.4, 0.5) is 0 Å². The van der Waals surface area contributed by atoms with Gasteiger partial charge in [-0.2, -0.15) is 0 Å². The quantitative estimate of drug-likeness (QED) is 0.539. The fourth-order valence-electron chi connectivity index (χ4n) is 3.29. The number of halogens is 1. The van der Waals surface area contributed by atoms with Crippen LogP contribution in [-0.2, 0) is 9.53 Å². The Bertz CT molecular complexity index is 1160. The fourth-order valence-corrected chi connectivity index (χ4v) is 3.49. The van der Waals surface area contributed by atoms with Crippen LogP contribution in [0.5, 0.6) is 5.75 Å². The number of hydrogen-bond acceptors (Lipinski definition) is 6. The number of nitrogens with two attached hydrogens (primary N) is 1. The van der Waals surface area contributed by atoms with E-state index in [0.29, 0.717) is 21.6 Å². The lowest BCUT2D eigenvalue weighted by Gasteiger charge is -2.27. The van der Waals surface area contributed by atoms with Crippen molar-refractivity contribution in [1.82, 2.24) is 0 Å². The molecule has 2 N–H and O–H groups in total. The number of methoxy groups -OCH3 is 1. The van der Waals surface area contributed by atoms with Crippen LogP contribution in [0.2, 0.25) is 5.02 Å². The second-order valence-corrected chi connectivity index (χ2v) is 6.42. The topological polar surface area (TPSA) is 91.8 Å². The van der Waals surface area contributed by atoms with Crippen LogP contribution in [0.15, 0.2) is 69.2 Å². The summed E-state index contributed by atoms with van der Waals surface area (Å²) in [7, 11) is 1.23. The third-order valence-corrected chi connectivity index (χ3v) is 4.68. The third kappa shape index (κ3) is 2.74. The lowest BCUT2D eigenvalue weighted by Crippen LogP contribution is -2.30. The van der Waals surface area contributed by atoms with Gasteiger partial charge in [-0.25, -0.2) is 9.59 Å². The van der Waals surface area contributed by atoms with Crippen molar-refractivity contribution in [3.8, 4) is 5.75 Å². The molecule has 0 fully saturated rings. The lowest BCUT2D eigenvalue weighted by molar-refractivity contribution is -0.136. The predicted molar refractivity (Wildman–Crippen MR) is 99.6 cm³/mol. The van der Waals surface area contributed by atoms with Crippen LogP contribution in [-0.4, -0.2) is 13.1 Å². The van der Waals surface area contributed by atoms with E-state index in [2.05, 4.69) is 0 Å². The zero-order chi connectivity index (χ0) is 19.1. The summed E-state index contributed by atoms with van der Waals surface area (Å²) in [4.78, 5) is 25.2. The molecule has 1 aliphatic heterocycles. The van der Waals surface area contributed by atoms with E-state index < -0.39 is 17.5 Å². The van der Waals surface area contributed by atoms with Gasteiger partial charge < -0.3 is 19.6 Å². The summed E-state index contributed by atoms with van der Waals surface area (Å²) in [5.41, 5.74) is 6.60. The van der Waals surface area contributed by atoms with Gasteiger partial charge in [0.05, 0.1) is 24.0 Å². The first-order valence-electron chi connectivity index (χ1n) is 8.08. The van der Waals surface area contributed by atoms with Crippen molar-refractivity contribution in [3.63, 3.8) is 0 Å². The van der Waals surface area contributed by atoms with E-state index in [1.54, 1.807) is 48.5 Å². The number of para-hydroxylation sites is 1. The molecule has 2 aromatic carbocycles. The van der Waals surface area contributed by atoms with Crippen LogP contribution in [0.1, 0.15) is 17.0 Å². The molecule has 0 unspecified atom stereocenters. The molecular formula is C20H14ClNO5. The number of esters is 1. The Kier molecular flexibility index (Phi) is 4.12. The molecule has 0 spiro atoms. The Morgan fingerprint density at radius 1 is 1.19 bits per heavy atom. The zero-order valence-electron chi connectivity index (χ0n) is 14.2. The maximum Gasteiger partial charge on any atom is 0.344 e. The van der Waals surface area contributed by atoms with E-state index in [1.165, 1.54) is 7.11 Å². The molecule has 0 saturated carbocycles. The first-order valence-corrected chi connectivity index (χ1v) is 8.46. The summed E-state index contributed by atoms with van der Waals surface area (Å²) in [6.07, 6.45) is 0. The van der Waals surface area contributed by atoms with Gasteiger partial charge in [0.15, 0.2) is 5.75 Å². The zero-order valence-corrected chi connectivity index (χ0v) is 14.9. The molecular weight excluding hydrogens is 370 g/mol. The van der Waals surface area contributed by atoms with Crippen molar-refractivity contribution in [2.75, 3.05) is 7.11 Å². The second kappa shape index (κ2) is 6.48. The molecule has 7 heteroatoms. The average Bonchev–Trinajstić information content (AvgIpc) is 2.66. The average molecular weight is 384 g/mol. The molecule has 0 radical (unpaired) electrons. The molecule has 1 atom stereocenters. The van der Waals surface area contributed by atoms with Gasteiger partial charge >= 0.3 is 11.6 Å². The monoisotopic (exact) mass is 383 g/mol. The Hall–Kier alpha value is -3.25. The van der Waals surface area contributed by atoms with E-state index >= 15 is 0 Å². The Balaban J connectivity index is 2.09. The van der Waals surface area contributed by atoms with Gasteiger partial charge in [0.2, 0.25) is 5.88 Å². The first kappa shape index (κ1) is 17.2. The Morgan fingerprint density at radius 2 is 1.96 bits per heavy atom. The van der Waals surface area contributed by atoms with Crippen molar-refractivity contribution in [3.05, 3.63) is 86.6 Å². The molecule has 0 saturated heterocycles. The van der Waals surface area contributed by atoms with Crippen molar-refractivity contribution in [2.24, 2.45) is 5.73 Å². The summed E-state index contributed by atoms with van der Waals surface area (Å²) in [5.74, 6) is -1.40. The van der Waals surface area contributed by atoms with E-state index in [-0.39, 0.29) is 22.8 Å². The van der Waals surface area contributed by atoms with Crippen LogP contribution < -0.4 is 16.1 Å². The van der Waals surface area contributed by atoms with Gasteiger partial charge in [-0.3, -0.25) is 0 Å². The standard InChI is InChI=1S/C20H14ClNO5/c1-25-19(23)16-14(10-5-4-6-11(21)9-10)15-17(27-18(16)22)12-7-2-3-8-13(12)26-20(15)24/h2-9,14H,22H2,1H3/t14-/m0/s1. The molecule has 0 aliphatic carbocycles. The fraction of sp³-hybridized carbons (Fsp3) is 0.100. The number of carbonyl (C=O) groups is 1. The number of benzene rings is 2. The summed E-state index contributed by atoms with van der Waals surface area (Å²) in [5, 5.41) is 1.03. The van der Waals surface area contributed by atoms with Crippen LogP contribution in [0.25, 0.3) is 11.0 Å². The highest BCUT2D eigenvalue weighted by atomic mass is 35.5. The predicted octanol–water partition coefficient (Wildman–Crippen LogP) is 3.31. The van der Waals surface area contributed by atoms with Gasteiger partial charge in [0.1, 0.15) is 11.2 Å². The van der Waals surface area contributed by atoms with E-state index in [0.717, 1.165) is 0 Å². The van der Waals surface area contributed by atoms with Crippen LogP contribution >= 0.6 is 11.6 Å². The summed E-state index contributed by atoms with van der Waals surface area (Å²) in [6, 6.07) is 13.8. The number of ether oxygens (including phenoxy) is 2. The highest BCUT2D eigenvalue weighted by molar-refractivity contribution is 6.30. The van der Waals surface area contributed by atoms with Gasteiger partial charge in [0.25, 0.3) is 0 Å². The highest BCUT2D eigenvalue weighted by Gasteiger charge is 2.39. The van der Waals surface area contributed by atoms with Gasteiger partial charge in [-0.15, -0.1) is 0 Å². The van der Waals surface area contributed by atoms with Crippen molar-refractivity contribution in [1.29, 1.82) is 0 Å². The molecule has 6 nitrogen and oxygen atoms in total. The number of hydrogen-bond donors (Lipinski definition) is 1. The van der Waals surface area contributed by atoms with Crippen LogP contribution in [0, 0.1) is 0 Å². The minimum atomic E-state index is -0.833. The highest BCUT2D eigenvalue weighted by Crippen LogP contribution is 2.44. The third-order valence-electron chi connectivity index (χ3n) is 4.44. The van der Waals surface area contributed by atoms with Gasteiger partial charge in [0, 0.05) is 5.02 Å². The Labute approximate surface area is 158 Å². The smallest absolute Gasteiger partial charge is 0.344 e. The molecule has 136 valence electrons. The van der Waals surface area contributed by atoms with E-state index in [4.69, 9.17) is 31.2 Å².